The fourth-order valence-electron chi connectivity index (χ4n) is 5.96. The Balaban J connectivity index is -0.000000122. The minimum absolute atomic E-state index is 0. The van der Waals surface area contributed by atoms with E-state index in [0.717, 1.165) is 0 Å². The van der Waals surface area contributed by atoms with Crippen LogP contribution >= 0.6 is 0 Å². The molecule has 36 atom stereocenters. The molecule has 119 heavy (non-hydrogen) atoms. The van der Waals surface area contributed by atoms with Gasteiger partial charge in [0.1, 0.15) is 220 Å². The summed E-state index contributed by atoms with van der Waals surface area (Å²) in [7, 11) is 0. The van der Waals surface area contributed by atoms with Crippen molar-refractivity contribution < 1.29 is 339 Å². The molecule has 0 aromatic heterocycles. The summed E-state index contributed by atoms with van der Waals surface area (Å²) < 4.78 is 0. The monoisotopic (exact) mass is 1970 g/mol. The molecular weight excluding hydrogens is 1870 g/mol. The van der Waals surface area contributed by atoms with Crippen molar-refractivity contribution in [3.05, 3.63) is 0 Å². The number of carbonyl (C=O) groups is 9. The fourth-order valence-corrected chi connectivity index (χ4v) is 5.96. The molecule has 0 spiro atoms. The third-order valence-electron chi connectivity index (χ3n) is 13.5. The van der Waals surface area contributed by atoms with Gasteiger partial charge in [-0.15, -0.1) is 0 Å². The Labute approximate surface area is 693 Å². The molecule has 0 heterocycles. The second-order valence-electron chi connectivity index (χ2n) is 22.5. The SMILES string of the molecule is O=C([O-])[C@H](O)[C@@H](O)[C@H](O)[C@H](O)CO.O=C([O-])[C@H](O)[C@@H](O)[C@H](O)[C@H](O)CO.O=C([O-])[C@H](O)[C@@H](O)[C@H](O)[C@H](O)CO.O=C([O-])[C@H](O)[C@@H](O)[C@H](O)[C@H](O)CO.O=C([O-])[C@H](O)[C@@H](O)[C@H](O)[C@H](O)CO.O=C([O-])[C@H](O)[C@@H](O)[C@H](O)[C@H](O)CO.O=C([O-])[C@H](O)[C@@H](O)[C@H](O)[C@H](O)CO.O=C([O-])[C@H](O)[C@@H](O)[C@H](O)[C@H](O)CO.O=C([O-])[C@H](O)[C@@H](O)[C@H](O)[C@H](O)CO.[Sn+2].[Tc+7]. The first-order valence-electron chi connectivity index (χ1n) is 31.1. The van der Waals surface area contributed by atoms with E-state index in [1.807, 2.05) is 0 Å². The normalized spacial score (nSPS) is 20.0. The van der Waals surface area contributed by atoms with Gasteiger partial charge in [-0.25, -0.2) is 0 Å². The van der Waals surface area contributed by atoms with Crippen LogP contribution in [0, 0.1) is 0 Å². The van der Waals surface area contributed by atoms with Gasteiger partial charge in [0.2, 0.25) is 0 Å². The molecule has 0 aliphatic heterocycles. The number of rotatable bonds is 45. The molecule has 0 amide bonds. The molecule has 0 aromatic rings. The van der Waals surface area contributed by atoms with Crippen LogP contribution in [0.5, 0.6) is 0 Å². The van der Waals surface area contributed by atoms with Crippen molar-refractivity contribution in [2.75, 3.05) is 59.5 Å². The van der Waals surface area contributed by atoms with Gasteiger partial charge in [-0.1, -0.05) is 0 Å². The van der Waals surface area contributed by atoms with E-state index in [1.54, 1.807) is 0 Å². The van der Waals surface area contributed by atoms with E-state index in [-0.39, 0.29) is 44.0 Å². The first-order valence-corrected chi connectivity index (χ1v) is 31.1. The number of aliphatic carboxylic acids is 9. The quantitative estimate of drug-likeness (QED) is 0.0252. The van der Waals surface area contributed by atoms with E-state index in [2.05, 4.69) is 0 Å². The number of aliphatic hydroxyl groups is 45. The second-order valence-corrected chi connectivity index (χ2v) is 22.5. The van der Waals surface area contributed by atoms with Gasteiger partial charge in [0.25, 0.3) is 0 Å². The Morgan fingerprint density at radius 1 is 0.143 bits per heavy atom. The Morgan fingerprint density at radius 2 is 0.193 bits per heavy atom. The maximum Gasteiger partial charge on any atom is 7.00 e. The average molecular weight is 1970 g/mol. The van der Waals surface area contributed by atoms with Crippen molar-refractivity contribution in [1.82, 2.24) is 0 Å². The number of carbonyl (C=O) groups excluding carboxylic acids is 9. The van der Waals surface area contributed by atoms with Crippen molar-refractivity contribution in [3.63, 3.8) is 0 Å². The molecular formula is C54H99O63SnTc. The first kappa shape index (κ1) is 137. The number of carboxylic acids is 9. The average Bonchev–Trinajstić information content (AvgIpc) is 0.956. The van der Waals surface area contributed by atoms with Crippen molar-refractivity contribution in [1.29, 1.82) is 0 Å². The molecule has 0 rings (SSSR count). The maximum atomic E-state index is 9.98. The van der Waals surface area contributed by atoms with Crippen LogP contribution in [0.1, 0.15) is 0 Å². The van der Waals surface area contributed by atoms with Crippen LogP contribution in [0.15, 0.2) is 0 Å². The topological polar surface area (TPSA) is 1270 Å². The van der Waals surface area contributed by atoms with Crippen LogP contribution in [-0.2, 0) is 63.3 Å². The van der Waals surface area contributed by atoms with Crippen LogP contribution in [0.4, 0.5) is 0 Å². The molecule has 63 nitrogen and oxygen atoms in total. The van der Waals surface area contributed by atoms with Crippen LogP contribution in [0.3, 0.4) is 0 Å². The Bertz CT molecular complexity index is 2090. The summed E-state index contributed by atoms with van der Waals surface area (Å²) in [6.07, 6.45) is -72.7. The largest absolute Gasteiger partial charge is 7.00 e. The van der Waals surface area contributed by atoms with Crippen LogP contribution in [0.25, 0.3) is 0 Å². The number of aliphatic hydroxyl groups excluding tert-OH is 45. The van der Waals surface area contributed by atoms with E-state index in [0.29, 0.717) is 0 Å². The Morgan fingerprint density at radius 3 is 0.227 bits per heavy atom. The van der Waals surface area contributed by atoms with E-state index in [1.165, 1.54) is 0 Å². The molecule has 0 unspecified atom stereocenters. The minimum Gasteiger partial charge on any atom is -0.547 e. The summed E-state index contributed by atoms with van der Waals surface area (Å²) in [5.74, 6) is -17.8. The zero-order valence-corrected chi connectivity index (χ0v) is 64.7. The first-order chi connectivity index (χ1) is 53.2. The molecule has 0 aliphatic carbocycles. The number of hydrogen-bond acceptors (Lipinski definition) is 63. The molecule has 0 aliphatic rings. The van der Waals surface area contributed by atoms with Gasteiger partial charge < -0.3 is 319 Å². The summed E-state index contributed by atoms with van der Waals surface area (Å²) in [6, 6.07) is 0. The van der Waals surface area contributed by atoms with Crippen LogP contribution in [-0.4, -0.2) is 587 Å². The molecule has 0 aromatic carbocycles. The van der Waals surface area contributed by atoms with Gasteiger partial charge in [-0.05, 0) is 0 Å². The molecule has 2 radical (unpaired) electrons. The Kier molecular flexibility index (Phi) is 84.4. The molecule has 0 saturated heterocycles. The van der Waals surface area contributed by atoms with E-state index >= 15 is 0 Å². The van der Waals surface area contributed by atoms with E-state index in [4.69, 9.17) is 230 Å². The molecule has 65 heteroatoms. The molecule has 0 bridgehead atoms. The van der Waals surface area contributed by atoms with Crippen LogP contribution < -0.4 is 46.0 Å². The zero-order valence-electron chi connectivity index (χ0n) is 60.0. The van der Waals surface area contributed by atoms with Crippen molar-refractivity contribution >= 4 is 77.6 Å². The predicted molar refractivity (Wildman–Crippen MR) is 331 cm³/mol. The van der Waals surface area contributed by atoms with Gasteiger partial charge in [0.05, 0.1) is 113 Å². The number of carboxylic acid groups (broad SMARTS) is 9. The standard InChI is InChI=1S/9C6H12O7.Sn.Tc/c9*7-1-2(8)3(9)4(10)5(11)6(12)13;;/h9*2-5,7-11H,1H2,(H,12,13);;/q;;;;;;;;;+2;+7/p-9/t9*2-,3-,4+,5-;;/m111111111../s1. The third-order valence-corrected chi connectivity index (χ3v) is 13.5. The van der Waals surface area contributed by atoms with E-state index in [9.17, 15) is 89.1 Å². The van der Waals surface area contributed by atoms with Gasteiger partial charge in [-0.3, -0.25) is 0 Å². The molecule has 45 N–H and O–H groups in total. The van der Waals surface area contributed by atoms with Gasteiger partial charge in [-0.2, -0.15) is 0 Å². The number of hydrogen-bond donors (Lipinski definition) is 45. The summed E-state index contributed by atoms with van der Waals surface area (Å²) in [5, 5.41) is 481. The summed E-state index contributed by atoms with van der Waals surface area (Å²) >= 11 is 0. The van der Waals surface area contributed by atoms with Gasteiger partial charge in [0.15, 0.2) is 0 Å². The van der Waals surface area contributed by atoms with Crippen LogP contribution in [0.2, 0.25) is 0 Å². The fraction of sp³-hybridized carbons (Fsp3) is 0.833. The van der Waals surface area contributed by atoms with E-state index < -0.39 is 333 Å². The predicted octanol–water partition coefficient (Wildman–Crippen LogP) is -43.8. The summed E-state index contributed by atoms with van der Waals surface area (Å²) in [4.78, 5) is 89.8. The minimum atomic E-state index is -2.31. The zero-order chi connectivity index (χ0) is 95.3. The summed E-state index contributed by atoms with van der Waals surface area (Å²) in [6.45, 7) is -7.77. The summed E-state index contributed by atoms with van der Waals surface area (Å²) in [5.41, 5.74) is 0. The van der Waals surface area contributed by atoms with Crippen molar-refractivity contribution in [2.24, 2.45) is 0 Å². The maximum absolute atomic E-state index is 9.98. The molecule has 0 saturated carbocycles. The molecule has 0 fully saturated rings. The van der Waals surface area contributed by atoms with Gasteiger partial charge >= 0.3 is 44.0 Å². The Hall–Kier alpha value is -5.12. The van der Waals surface area contributed by atoms with Crippen molar-refractivity contribution in [2.45, 2.75) is 220 Å². The molecule has 704 valence electrons. The smallest absolute Gasteiger partial charge is 0.547 e. The second kappa shape index (κ2) is 73.3. The third kappa shape index (κ3) is 56.4. The van der Waals surface area contributed by atoms with Gasteiger partial charge in [0, 0.05) is 0 Å². The van der Waals surface area contributed by atoms with Crippen molar-refractivity contribution in [3.8, 4) is 0 Å².